The molecule has 0 aliphatic heterocycles. The van der Waals surface area contributed by atoms with E-state index in [0.29, 0.717) is 24.5 Å². The number of esters is 1. The Bertz CT molecular complexity index is 785. The van der Waals surface area contributed by atoms with Crippen molar-refractivity contribution in [3.8, 4) is 11.5 Å². The second kappa shape index (κ2) is 11.4. The first-order valence-corrected chi connectivity index (χ1v) is 9.07. The lowest BCUT2D eigenvalue weighted by molar-refractivity contribution is -0.145. The summed E-state index contributed by atoms with van der Waals surface area (Å²) in [4.78, 5) is 23.3. The topological polar surface area (TPSA) is 86.2 Å². The van der Waals surface area contributed by atoms with E-state index in [-0.39, 0.29) is 12.5 Å². The van der Waals surface area contributed by atoms with Gasteiger partial charge in [-0.25, -0.2) is 10.2 Å². The maximum absolute atomic E-state index is 12.1. The summed E-state index contributed by atoms with van der Waals surface area (Å²) in [5, 5.41) is 3.95. The van der Waals surface area contributed by atoms with Crippen LogP contribution >= 0.6 is 0 Å². The first kappa shape index (κ1) is 21.0. The van der Waals surface area contributed by atoms with E-state index in [9.17, 15) is 9.59 Å². The monoisotopic (exact) mass is 384 g/mol. The molecule has 1 N–H and O–H groups in total. The number of hydrogen-bond donors (Lipinski definition) is 1. The SMILES string of the molecule is CCCOc1ccc(C(=O)N/N=C/c2ccc(OCC(=O)OCC)cc2)cc1. The molecule has 2 aromatic carbocycles. The molecule has 2 rings (SSSR count). The van der Waals surface area contributed by atoms with Gasteiger partial charge in [-0.3, -0.25) is 4.79 Å². The summed E-state index contributed by atoms with van der Waals surface area (Å²) in [6.07, 6.45) is 2.45. The highest BCUT2D eigenvalue weighted by atomic mass is 16.6. The van der Waals surface area contributed by atoms with Crippen LogP contribution in [0.25, 0.3) is 0 Å². The Morgan fingerprint density at radius 1 is 0.964 bits per heavy atom. The van der Waals surface area contributed by atoms with E-state index in [0.717, 1.165) is 17.7 Å². The van der Waals surface area contributed by atoms with Gasteiger partial charge in [0.15, 0.2) is 6.61 Å². The van der Waals surface area contributed by atoms with Crippen molar-refractivity contribution in [2.45, 2.75) is 20.3 Å². The molecule has 0 aliphatic carbocycles. The molecule has 0 bridgehead atoms. The quantitative estimate of drug-likeness (QED) is 0.386. The number of nitrogens with zero attached hydrogens (tertiary/aromatic N) is 1. The molecular weight excluding hydrogens is 360 g/mol. The van der Waals surface area contributed by atoms with E-state index >= 15 is 0 Å². The van der Waals surface area contributed by atoms with Crippen molar-refractivity contribution >= 4 is 18.1 Å². The van der Waals surface area contributed by atoms with Crippen LogP contribution in [0.2, 0.25) is 0 Å². The van der Waals surface area contributed by atoms with E-state index in [1.54, 1.807) is 55.5 Å². The number of rotatable bonds is 10. The van der Waals surface area contributed by atoms with Crippen LogP contribution in [-0.2, 0) is 9.53 Å². The van der Waals surface area contributed by atoms with Gasteiger partial charge in [-0.15, -0.1) is 0 Å². The Kier molecular flexibility index (Phi) is 8.52. The second-order valence-corrected chi connectivity index (χ2v) is 5.73. The lowest BCUT2D eigenvalue weighted by atomic mass is 10.2. The van der Waals surface area contributed by atoms with Crippen LogP contribution in [-0.4, -0.2) is 37.9 Å². The molecule has 1 amide bonds. The van der Waals surface area contributed by atoms with Gasteiger partial charge in [0.25, 0.3) is 5.91 Å². The Morgan fingerprint density at radius 2 is 1.61 bits per heavy atom. The van der Waals surface area contributed by atoms with Gasteiger partial charge in [0, 0.05) is 5.56 Å². The Labute approximate surface area is 164 Å². The van der Waals surface area contributed by atoms with E-state index in [2.05, 4.69) is 10.5 Å². The van der Waals surface area contributed by atoms with Crippen molar-refractivity contribution in [1.82, 2.24) is 5.43 Å². The fourth-order valence-corrected chi connectivity index (χ4v) is 2.15. The van der Waals surface area contributed by atoms with Gasteiger partial charge in [0.05, 0.1) is 19.4 Å². The highest BCUT2D eigenvalue weighted by Crippen LogP contribution is 2.13. The zero-order chi connectivity index (χ0) is 20.2. The number of carbonyl (C=O) groups is 2. The van der Waals surface area contributed by atoms with Gasteiger partial charge >= 0.3 is 5.97 Å². The summed E-state index contributed by atoms with van der Waals surface area (Å²) < 4.78 is 15.6. The highest BCUT2D eigenvalue weighted by Gasteiger charge is 2.05. The van der Waals surface area contributed by atoms with Gasteiger partial charge in [-0.1, -0.05) is 6.92 Å². The maximum atomic E-state index is 12.1. The largest absolute Gasteiger partial charge is 0.494 e. The minimum Gasteiger partial charge on any atom is -0.494 e. The number of amides is 1. The summed E-state index contributed by atoms with van der Waals surface area (Å²) in [6, 6.07) is 13.8. The van der Waals surface area contributed by atoms with Crippen molar-refractivity contribution < 1.29 is 23.8 Å². The average Bonchev–Trinajstić information content (AvgIpc) is 2.72. The van der Waals surface area contributed by atoms with Gasteiger partial charge < -0.3 is 14.2 Å². The first-order valence-electron chi connectivity index (χ1n) is 9.07. The van der Waals surface area contributed by atoms with Gasteiger partial charge in [0.2, 0.25) is 0 Å². The van der Waals surface area contributed by atoms with Gasteiger partial charge in [-0.2, -0.15) is 5.10 Å². The van der Waals surface area contributed by atoms with Crippen LogP contribution in [0.1, 0.15) is 36.2 Å². The smallest absolute Gasteiger partial charge is 0.344 e. The van der Waals surface area contributed by atoms with Gasteiger partial charge in [0.1, 0.15) is 11.5 Å². The summed E-state index contributed by atoms with van der Waals surface area (Å²) in [7, 11) is 0. The number of nitrogens with one attached hydrogen (secondary N) is 1. The van der Waals surface area contributed by atoms with Crippen LogP contribution in [0, 0.1) is 0 Å². The average molecular weight is 384 g/mol. The normalized spacial score (nSPS) is 10.5. The van der Waals surface area contributed by atoms with E-state index in [1.165, 1.54) is 6.21 Å². The molecule has 0 saturated heterocycles. The predicted molar refractivity (Wildman–Crippen MR) is 106 cm³/mol. The molecule has 148 valence electrons. The summed E-state index contributed by atoms with van der Waals surface area (Å²) in [5.74, 6) is 0.542. The third kappa shape index (κ3) is 7.11. The van der Waals surface area contributed by atoms with Crippen LogP contribution in [0.15, 0.2) is 53.6 Å². The summed E-state index contributed by atoms with van der Waals surface area (Å²) in [6.45, 7) is 4.59. The molecule has 0 aliphatic rings. The Balaban J connectivity index is 1.81. The van der Waals surface area contributed by atoms with Crippen molar-refractivity contribution in [1.29, 1.82) is 0 Å². The lowest BCUT2D eigenvalue weighted by Gasteiger charge is -2.06. The summed E-state index contributed by atoms with van der Waals surface area (Å²) in [5.41, 5.74) is 3.74. The molecule has 7 nitrogen and oxygen atoms in total. The molecule has 0 radical (unpaired) electrons. The van der Waals surface area contributed by atoms with Crippen molar-refractivity contribution in [2.24, 2.45) is 5.10 Å². The molecule has 0 unspecified atom stereocenters. The standard InChI is InChI=1S/C21H24N2O5/c1-3-13-27-18-11-7-17(8-12-18)21(25)23-22-14-16-5-9-19(10-6-16)28-15-20(24)26-4-2/h5-12,14H,3-4,13,15H2,1-2H3,(H,23,25)/b22-14+. The molecule has 2 aromatic rings. The minimum absolute atomic E-state index is 0.139. The fourth-order valence-electron chi connectivity index (χ4n) is 2.15. The van der Waals surface area contributed by atoms with E-state index < -0.39 is 5.97 Å². The molecule has 0 saturated carbocycles. The molecule has 28 heavy (non-hydrogen) atoms. The van der Waals surface area contributed by atoms with Crippen LogP contribution < -0.4 is 14.9 Å². The van der Waals surface area contributed by atoms with E-state index in [4.69, 9.17) is 14.2 Å². The third-order valence-corrected chi connectivity index (χ3v) is 3.51. The molecule has 0 spiro atoms. The number of hydrogen-bond acceptors (Lipinski definition) is 6. The molecule has 0 heterocycles. The minimum atomic E-state index is -0.416. The molecule has 0 aromatic heterocycles. The third-order valence-electron chi connectivity index (χ3n) is 3.51. The fraction of sp³-hybridized carbons (Fsp3) is 0.286. The zero-order valence-corrected chi connectivity index (χ0v) is 16.0. The van der Waals surface area contributed by atoms with Crippen LogP contribution in [0.4, 0.5) is 0 Å². The van der Waals surface area contributed by atoms with Crippen LogP contribution in [0.3, 0.4) is 0 Å². The molecule has 0 atom stereocenters. The van der Waals surface area contributed by atoms with Crippen LogP contribution in [0.5, 0.6) is 11.5 Å². The first-order chi connectivity index (χ1) is 13.6. The van der Waals surface area contributed by atoms with Crippen molar-refractivity contribution in [2.75, 3.05) is 19.8 Å². The molecular formula is C21H24N2O5. The summed E-state index contributed by atoms with van der Waals surface area (Å²) >= 11 is 0. The zero-order valence-electron chi connectivity index (χ0n) is 16.0. The number of carbonyl (C=O) groups excluding carboxylic acids is 2. The Hall–Kier alpha value is -3.35. The second-order valence-electron chi connectivity index (χ2n) is 5.73. The lowest BCUT2D eigenvalue weighted by Crippen LogP contribution is -2.17. The predicted octanol–water partition coefficient (Wildman–Crippen LogP) is 3.18. The Morgan fingerprint density at radius 3 is 2.25 bits per heavy atom. The highest BCUT2D eigenvalue weighted by molar-refractivity contribution is 5.95. The molecule has 7 heteroatoms. The van der Waals surface area contributed by atoms with Crippen molar-refractivity contribution in [3.05, 3.63) is 59.7 Å². The molecule has 0 fully saturated rings. The van der Waals surface area contributed by atoms with Crippen molar-refractivity contribution in [3.63, 3.8) is 0 Å². The van der Waals surface area contributed by atoms with Gasteiger partial charge in [-0.05, 0) is 67.4 Å². The number of benzene rings is 2. The van der Waals surface area contributed by atoms with E-state index in [1.807, 2.05) is 6.92 Å². The number of hydrazone groups is 1. The maximum Gasteiger partial charge on any atom is 0.344 e. The number of ether oxygens (including phenoxy) is 3.